The maximum absolute atomic E-state index is 13.0. The number of ether oxygens (including phenoxy) is 2. The maximum Gasteiger partial charge on any atom is 0.166 e. The molecule has 0 amide bonds. The Labute approximate surface area is 184 Å². The Hall–Kier alpha value is -2.56. The van der Waals surface area contributed by atoms with E-state index in [1.165, 1.54) is 17.7 Å². The molecule has 0 aromatic heterocycles. The first-order chi connectivity index (χ1) is 14.2. The van der Waals surface area contributed by atoms with Gasteiger partial charge in [0.2, 0.25) is 0 Å². The summed E-state index contributed by atoms with van der Waals surface area (Å²) in [7, 11) is 0. The Morgan fingerprint density at radius 2 is 1.57 bits per heavy atom. The van der Waals surface area contributed by atoms with Gasteiger partial charge in [-0.15, -0.1) is 12.4 Å². The van der Waals surface area contributed by atoms with Gasteiger partial charge in [0, 0.05) is 12.1 Å². The van der Waals surface area contributed by atoms with Crippen LogP contribution in [0.25, 0.3) is 0 Å². The number of aryl methyl sites for hydroxylation is 1. The van der Waals surface area contributed by atoms with Gasteiger partial charge in [-0.3, -0.25) is 0 Å². The molecule has 0 spiro atoms. The topological polar surface area (TPSA) is 30.5 Å². The lowest BCUT2D eigenvalue weighted by atomic mass is 10.1. The second-order valence-corrected chi connectivity index (χ2v) is 7.00. The second-order valence-electron chi connectivity index (χ2n) is 7.00. The first kappa shape index (κ1) is 23.7. The van der Waals surface area contributed by atoms with Crippen LogP contribution in [0.1, 0.15) is 29.2 Å². The van der Waals surface area contributed by atoms with Crippen LogP contribution in [-0.4, -0.2) is 13.2 Å². The van der Waals surface area contributed by atoms with Crippen molar-refractivity contribution in [1.29, 1.82) is 0 Å². The molecular weight excluding hydrogens is 401 g/mol. The highest BCUT2D eigenvalue weighted by molar-refractivity contribution is 5.85. The lowest BCUT2D eigenvalue weighted by Crippen LogP contribution is -2.17. The van der Waals surface area contributed by atoms with Crippen molar-refractivity contribution < 1.29 is 13.9 Å². The SMILES string of the molecule is CCOc1cccc(CNCCc2ccc(F)cc2)c1OCc1ccc(C)cc1.Cl. The molecule has 0 aliphatic heterocycles. The quantitative estimate of drug-likeness (QED) is 0.409. The number of hydrogen-bond donors (Lipinski definition) is 1. The molecule has 5 heteroatoms. The third-order valence-corrected chi connectivity index (χ3v) is 4.68. The van der Waals surface area contributed by atoms with Crippen molar-refractivity contribution in [2.24, 2.45) is 0 Å². The van der Waals surface area contributed by atoms with Crippen LogP contribution < -0.4 is 14.8 Å². The predicted molar refractivity (Wildman–Crippen MR) is 122 cm³/mol. The maximum atomic E-state index is 13.0. The summed E-state index contributed by atoms with van der Waals surface area (Å²) >= 11 is 0. The van der Waals surface area contributed by atoms with E-state index >= 15 is 0 Å². The zero-order valence-electron chi connectivity index (χ0n) is 17.5. The monoisotopic (exact) mass is 429 g/mol. The zero-order valence-corrected chi connectivity index (χ0v) is 18.3. The van der Waals surface area contributed by atoms with E-state index in [2.05, 4.69) is 42.6 Å². The van der Waals surface area contributed by atoms with Crippen molar-refractivity contribution in [2.75, 3.05) is 13.2 Å². The van der Waals surface area contributed by atoms with Crippen LogP contribution in [0.15, 0.2) is 66.7 Å². The summed E-state index contributed by atoms with van der Waals surface area (Å²) in [6, 6.07) is 21.0. The van der Waals surface area contributed by atoms with Gasteiger partial charge in [-0.1, -0.05) is 54.1 Å². The average molecular weight is 430 g/mol. The molecule has 0 atom stereocenters. The highest BCUT2D eigenvalue weighted by Gasteiger charge is 2.11. The van der Waals surface area contributed by atoms with Gasteiger partial charge in [-0.25, -0.2) is 4.39 Å². The van der Waals surface area contributed by atoms with Gasteiger partial charge in [-0.2, -0.15) is 0 Å². The first-order valence-electron chi connectivity index (χ1n) is 10.0. The summed E-state index contributed by atoms with van der Waals surface area (Å²) in [6.45, 7) is 6.59. The summed E-state index contributed by atoms with van der Waals surface area (Å²) in [5, 5.41) is 3.45. The van der Waals surface area contributed by atoms with Crippen LogP contribution in [0.3, 0.4) is 0 Å². The average Bonchev–Trinajstić information content (AvgIpc) is 2.73. The van der Waals surface area contributed by atoms with E-state index in [4.69, 9.17) is 9.47 Å². The molecule has 0 aliphatic carbocycles. The molecule has 0 saturated heterocycles. The van der Waals surface area contributed by atoms with Gasteiger partial charge >= 0.3 is 0 Å². The van der Waals surface area contributed by atoms with Crippen molar-refractivity contribution in [3.8, 4) is 11.5 Å². The van der Waals surface area contributed by atoms with Crippen LogP contribution in [0.4, 0.5) is 4.39 Å². The van der Waals surface area contributed by atoms with Gasteiger partial charge < -0.3 is 14.8 Å². The third-order valence-electron chi connectivity index (χ3n) is 4.68. The van der Waals surface area contributed by atoms with E-state index in [1.54, 1.807) is 0 Å². The van der Waals surface area contributed by atoms with Gasteiger partial charge in [-0.05, 0) is 56.1 Å². The largest absolute Gasteiger partial charge is 0.490 e. The lowest BCUT2D eigenvalue weighted by Gasteiger charge is -2.16. The molecule has 0 fully saturated rings. The summed E-state index contributed by atoms with van der Waals surface area (Å²) in [4.78, 5) is 0. The Morgan fingerprint density at radius 1 is 0.867 bits per heavy atom. The molecular formula is C25H29ClFNO2. The molecule has 1 N–H and O–H groups in total. The van der Waals surface area contributed by atoms with Crippen LogP contribution in [0.5, 0.6) is 11.5 Å². The number of nitrogens with one attached hydrogen (secondary N) is 1. The van der Waals surface area contributed by atoms with Crippen molar-refractivity contribution in [2.45, 2.75) is 33.4 Å². The van der Waals surface area contributed by atoms with E-state index < -0.39 is 0 Å². The standard InChI is InChI=1S/C25H28FNO2.ClH/c1-3-28-24-6-4-5-22(17-27-16-15-20-11-13-23(26)14-12-20)25(24)29-18-21-9-7-19(2)8-10-21;/h4-14,27H,3,15-18H2,1-2H3;1H. The summed E-state index contributed by atoms with van der Waals surface area (Å²) in [6.07, 6.45) is 0.838. The lowest BCUT2D eigenvalue weighted by molar-refractivity contribution is 0.266. The number of rotatable bonds is 10. The molecule has 160 valence electrons. The normalized spacial score (nSPS) is 10.4. The fourth-order valence-corrected chi connectivity index (χ4v) is 3.08. The molecule has 0 radical (unpaired) electrons. The van der Waals surface area contributed by atoms with Gasteiger partial charge in [0.05, 0.1) is 6.61 Å². The Bertz CT molecular complexity index is 898. The van der Waals surface area contributed by atoms with Crippen LogP contribution >= 0.6 is 12.4 Å². The van der Waals surface area contributed by atoms with Crippen molar-refractivity contribution in [1.82, 2.24) is 5.32 Å². The van der Waals surface area contributed by atoms with E-state index in [-0.39, 0.29) is 18.2 Å². The molecule has 0 aliphatic rings. The molecule has 3 aromatic carbocycles. The summed E-state index contributed by atoms with van der Waals surface area (Å²) in [5.74, 6) is 1.34. The molecule has 3 aromatic rings. The highest BCUT2D eigenvalue weighted by Crippen LogP contribution is 2.32. The van der Waals surface area contributed by atoms with Crippen molar-refractivity contribution >= 4 is 12.4 Å². The fourth-order valence-electron chi connectivity index (χ4n) is 3.08. The van der Waals surface area contributed by atoms with Gasteiger partial charge in [0.15, 0.2) is 11.5 Å². The van der Waals surface area contributed by atoms with Crippen LogP contribution in [0, 0.1) is 12.7 Å². The van der Waals surface area contributed by atoms with Crippen LogP contribution in [0.2, 0.25) is 0 Å². The second kappa shape index (κ2) is 12.2. The molecule has 3 rings (SSSR count). The summed E-state index contributed by atoms with van der Waals surface area (Å²) < 4.78 is 25.0. The van der Waals surface area contributed by atoms with Crippen molar-refractivity contribution in [3.05, 3.63) is 94.8 Å². The Kier molecular flexibility index (Phi) is 9.65. The number of benzene rings is 3. The van der Waals surface area contributed by atoms with Gasteiger partial charge in [0.1, 0.15) is 12.4 Å². The minimum atomic E-state index is -0.204. The molecule has 0 bridgehead atoms. The third kappa shape index (κ3) is 7.05. The molecule has 30 heavy (non-hydrogen) atoms. The van der Waals surface area contributed by atoms with Gasteiger partial charge in [0.25, 0.3) is 0 Å². The number of halogens is 2. The molecule has 3 nitrogen and oxygen atoms in total. The number of para-hydroxylation sites is 1. The van der Waals surface area contributed by atoms with E-state index in [1.807, 2.05) is 31.2 Å². The molecule has 0 heterocycles. The number of hydrogen-bond acceptors (Lipinski definition) is 3. The Balaban J connectivity index is 0.00000320. The predicted octanol–water partition coefficient (Wildman–Crippen LogP) is 5.87. The minimum absolute atomic E-state index is 0. The van der Waals surface area contributed by atoms with Crippen LogP contribution in [-0.2, 0) is 19.6 Å². The molecule has 0 saturated carbocycles. The molecule has 0 unspecified atom stereocenters. The van der Waals surface area contributed by atoms with E-state index in [0.29, 0.717) is 19.8 Å². The van der Waals surface area contributed by atoms with Crippen molar-refractivity contribution in [3.63, 3.8) is 0 Å². The summed E-state index contributed by atoms with van der Waals surface area (Å²) in [5.41, 5.74) is 4.52. The van der Waals surface area contributed by atoms with E-state index in [9.17, 15) is 4.39 Å². The zero-order chi connectivity index (χ0) is 20.5. The fraction of sp³-hybridized carbons (Fsp3) is 0.280. The van der Waals surface area contributed by atoms with E-state index in [0.717, 1.165) is 41.2 Å². The first-order valence-corrected chi connectivity index (χ1v) is 10.0. The smallest absolute Gasteiger partial charge is 0.166 e. The minimum Gasteiger partial charge on any atom is -0.490 e. The highest BCUT2D eigenvalue weighted by atomic mass is 35.5. The Morgan fingerprint density at radius 3 is 2.27 bits per heavy atom.